The summed E-state index contributed by atoms with van der Waals surface area (Å²) in [6, 6.07) is 15.3. The number of carbonyl (C=O) groups is 1. The van der Waals surface area contributed by atoms with Crippen LogP contribution in [0.15, 0.2) is 71.9 Å². The lowest BCUT2D eigenvalue weighted by atomic mass is 10.0. The van der Waals surface area contributed by atoms with Gasteiger partial charge in [0.2, 0.25) is 0 Å². The minimum absolute atomic E-state index is 0.184. The third-order valence-corrected chi connectivity index (χ3v) is 5.13. The minimum Gasteiger partial charge on any atom is -0.349 e. The summed E-state index contributed by atoms with van der Waals surface area (Å²) in [6.45, 7) is 0. The molecule has 0 saturated carbocycles. The van der Waals surface area contributed by atoms with E-state index in [2.05, 4.69) is 15.3 Å². The molecule has 1 amide bonds. The number of nitrogens with one attached hydrogen (secondary N) is 2. The molecular formula is C19H19N3O3S. The number of imidazole rings is 1. The van der Waals surface area contributed by atoms with Crippen molar-refractivity contribution in [3.05, 3.63) is 83.9 Å². The summed E-state index contributed by atoms with van der Waals surface area (Å²) in [5.41, 5.74) is 1.36. The van der Waals surface area contributed by atoms with Crippen molar-refractivity contribution >= 4 is 15.7 Å². The van der Waals surface area contributed by atoms with Crippen LogP contribution in [0.1, 0.15) is 27.8 Å². The van der Waals surface area contributed by atoms with E-state index in [9.17, 15) is 13.2 Å². The highest BCUT2D eigenvalue weighted by Crippen LogP contribution is 2.18. The lowest BCUT2D eigenvalue weighted by Gasteiger charge is -2.18. The number of sulfone groups is 1. The Bertz CT molecular complexity index is 967. The molecule has 0 bridgehead atoms. The minimum atomic E-state index is -3.29. The van der Waals surface area contributed by atoms with Gasteiger partial charge in [0.15, 0.2) is 9.84 Å². The number of amides is 1. The number of benzene rings is 2. The predicted molar refractivity (Wildman–Crippen MR) is 98.5 cm³/mol. The Kier molecular flexibility index (Phi) is 5.18. The quantitative estimate of drug-likeness (QED) is 0.698. The van der Waals surface area contributed by atoms with Crippen molar-refractivity contribution in [1.29, 1.82) is 0 Å². The van der Waals surface area contributed by atoms with Gasteiger partial charge in [-0.3, -0.25) is 4.79 Å². The summed E-state index contributed by atoms with van der Waals surface area (Å²) in [7, 11) is -3.29. The normalized spacial score (nSPS) is 12.5. The average molecular weight is 369 g/mol. The van der Waals surface area contributed by atoms with Gasteiger partial charge in [-0.25, -0.2) is 13.4 Å². The zero-order chi connectivity index (χ0) is 18.6. The number of nitrogens with zero attached hydrogens (tertiary/aromatic N) is 1. The van der Waals surface area contributed by atoms with Gasteiger partial charge in [-0.2, -0.15) is 0 Å². The first-order chi connectivity index (χ1) is 12.4. The van der Waals surface area contributed by atoms with Gasteiger partial charge in [0.05, 0.1) is 10.9 Å². The number of H-pyrrole nitrogens is 1. The van der Waals surface area contributed by atoms with Crippen LogP contribution in [0.2, 0.25) is 0 Å². The molecule has 2 aromatic carbocycles. The third-order valence-electron chi connectivity index (χ3n) is 4.00. The second-order valence-electron chi connectivity index (χ2n) is 5.97. The Balaban J connectivity index is 1.81. The van der Waals surface area contributed by atoms with Crippen LogP contribution in [0, 0.1) is 0 Å². The molecule has 2 N–H and O–H groups in total. The highest BCUT2D eigenvalue weighted by atomic mass is 32.2. The standard InChI is InChI=1S/C19H19N3O3S/c1-26(24,25)16-9-7-15(8-10-16)19(23)22-17(13-18-20-11-12-21-18)14-5-3-2-4-6-14/h2-12,17H,13H2,1H3,(H,20,21)(H,22,23). The van der Waals surface area contributed by atoms with Gasteiger partial charge in [0.25, 0.3) is 5.91 Å². The molecule has 0 radical (unpaired) electrons. The van der Waals surface area contributed by atoms with Gasteiger partial charge in [0.1, 0.15) is 5.82 Å². The van der Waals surface area contributed by atoms with Crippen LogP contribution in [0.25, 0.3) is 0 Å². The summed E-state index contributed by atoms with van der Waals surface area (Å²) in [6.07, 6.45) is 5.06. The Morgan fingerprint density at radius 3 is 2.38 bits per heavy atom. The number of rotatable bonds is 6. The molecular weight excluding hydrogens is 350 g/mol. The van der Waals surface area contributed by atoms with Crippen LogP contribution < -0.4 is 5.32 Å². The lowest BCUT2D eigenvalue weighted by molar-refractivity contribution is 0.0936. The fourth-order valence-electron chi connectivity index (χ4n) is 2.64. The maximum atomic E-state index is 12.6. The van der Waals surface area contributed by atoms with Crippen LogP contribution >= 0.6 is 0 Å². The number of carbonyl (C=O) groups excluding carboxylic acids is 1. The fourth-order valence-corrected chi connectivity index (χ4v) is 3.27. The summed E-state index contributed by atoms with van der Waals surface area (Å²) in [4.78, 5) is 20.1. The molecule has 1 atom stereocenters. The molecule has 1 heterocycles. The molecule has 0 spiro atoms. The molecule has 6 nitrogen and oxygen atoms in total. The van der Waals surface area contributed by atoms with E-state index in [1.54, 1.807) is 12.4 Å². The Hall–Kier alpha value is -2.93. The van der Waals surface area contributed by atoms with E-state index >= 15 is 0 Å². The molecule has 0 aliphatic carbocycles. The van der Waals surface area contributed by atoms with E-state index in [1.165, 1.54) is 24.3 Å². The van der Waals surface area contributed by atoms with Gasteiger partial charge >= 0.3 is 0 Å². The van der Waals surface area contributed by atoms with Gasteiger partial charge in [-0.05, 0) is 29.8 Å². The van der Waals surface area contributed by atoms with E-state index in [4.69, 9.17) is 0 Å². The molecule has 0 saturated heterocycles. The largest absolute Gasteiger partial charge is 0.349 e. The van der Waals surface area contributed by atoms with Crippen LogP contribution in [0.4, 0.5) is 0 Å². The number of aromatic nitrogens is 2. The molecule has 1 unspecified atom stereocenters. The van der Waals surface area contributed by atoms with Crippen molar-refractivity contribution in [2.75, 3.05) is 6.26 Å². The van der Waals surface area contributed by atoms with Crippen LogP contribution in [0.5, 0.6) is 0 Å². The topological polar surface area (TPSA) is 91.9 Å². The summed E-state index contributed by atoms with van der Waals surface area (Å²) < 4.78 is 23.1. The second kappa shape index (κ2) is 7.53. The number of hydrogen-bond acceptors (Lipinski definition) is 4. The maximum absolute atomic E-state index is 12.6. The molecule has 134 valence electrons. The lowest BCUT2D eigenvalue weighted by Crippen LogP contribution is -2.30. The van der Waals surface area contributed by atoms with E-state index < -0.39 is 9.84 Å². The van der Waals surface area contributed by atoms with Gasteiger partial charge in [-0.15, -0.1) is 0 Å². The molecule has 3 rings (SSSR count). The summed E-state index contributed by atoms with van der Waals surface area (Å²) >= 11 is 0. The van der Waals surface area contributed by atoms with Crippen molar-refractivity contribution in [3.8, 4) is 0 Å². The third kappa shape index (κ3) is 4.37. The van der Waals surface area contributed by atoms with Crippen molar-refractivity contribution in [1.82, 2.24) is 15.3 Å². The van der Waals surface area contributed by atoms with Crippen molar-refractivity contribution < 1.29 is 13.2 Å². The Morgan fingerprint density at radius 2 is 1.81 bits per heavy atom. The first-order valence-corrected chi connectivity index (χ1v) is 9.97. The van der Waals surface area contributed by atoms with Crippen molar-refractivity contribution in [3.63, 3.8) is 0 Å². The molecule has 1 aromatic heterocycles. The molecule has 26 heavy (non-hydrogen) atoms. The zero-order valence-electron chi connectivity index (χ0n) is 14.2. The molecule has 0 fully saturated rings. The van der Waals surface area contributed by atoms with Crippen LogP contribution in [-0.2, 0) is 16.3 Å². The summed E-state index contributed by atoms with van der Waals surface area (Å²) in [5.74, 6) is 0.497. The van der Waals surface area contributed by atoms with Gasteiger partial charge in [0, 0.05) is 30.6 Å². The van der Waals surface area contributed by atoms with Gasteiger partial charge < -0.3 is 10.3 Å². The van der Waals surface area contributed by atoms with Crippen LogP contribution in [0.3, 0.4) is 0 Å². The highest BCUT2D eigenvalue weighted by molar-refractivity contribution is 7.90. The SMILES string of the molecule is CS(=O)(=O)c1ccc(C(=O)NC(Cc2ncc[nH]2)c2ccccc2)cc1. The Morgan fingerprint density at radius 1 is 1.12 bits per heavy atom. The molecule has 7 heteroatoms. The van der Waals surface area contributed by atoms with E-state index in [-0.39, 0.29) is 16.8 Å². The van der Waals surface area contributed by atoms with Gasteiger partial charge in [-0.1, -0.05) is 30.3 Å². The summed E-state index contributed by atoms with van der Waals surface area (Å²) in [5, 5.41) is 3.00. The van der Waals surface area contributed by atoms with E-state index in [0.717, 1.165) is 17.6 Å². The molecule has 0 aliphatic heterocycles. The monoisotopic (exact) mass is 369 g/mol. The van der Waals surface area contributed by atoms with E-state index in [0.29, 0.717) is 12.0 Å². The highest BCUT2D eigenvalue weighted by Gasteiger charge is 2.18. The molecule has 0 aliphatic rings. The van der Waals surface area contributed by atoms with E-state index in [1.807, 2.05) is 30.3 Å². The van der Waals surface area contributed by atoms with Crippen LogP contribution in [-0.4, -0.2) is 30.5 Å². The predicted octanol–water partition coefficient (Wildman–Crippen LogP) is 2.53. The molecule has 3 aromatic rings. The average Bonchev–Trinajstić information content (AvgIpc) is 3.14. The zero-order valence-corrected chi connectivity index (χ0v) is 15.0. The Labute approximate surface area is 152 Å². The fraction of sp³-hybridized carbons (Fsp3) is 0.158. The van der Waals surface area contributed by atoms with Crippen molar-refractivity contribution in [2.45, 2.75) is 17.4 Å². The smallest absolute Gasteiger partial charge is 0.251 e. The second-order valence-corrected chi connectivity index (χ2v) is 7.99. The first-order valence-electron chi connectivity index (χ1n) is 8.07. The maximum Gasteiger partial charge on any atom is 0.251 e. The number of aromatic amines is 1. The first kappa shape index (κ1) is 17.9. The number of hydrogen-bond donors (Lipinski definition) is 2. The van der Waals surface area contributed by atoms with Crippen molar-refractivity contribution in [2.24, 2.45) is 0 Å².